The monoisotopic (exact) mass is 331 g/mol. The van der Waals surface area contributed by atoms with E-state index in [-0.39, 0.29) is 12.0 Å². The molecule has 1 fully saturated rings. The molecular formula is C18H21NO3S. The zero-order chi connectivity index (χ0) is 16.2. The first-order valence-electron chi connectivity index (χ1n) is 7.74. The van der Waals surface area contributed by atoms with Crippen molar-refractivity contribution in [2.45, 2.75) is 13.0 Å². The smallest absolute Gasteiger partial charge is 0.253 e. The molecule has 1 aromatic carbocycles. The van der Waals surface area contributed by atoms with Gasteiger partial charge in [-0.2, -0.15) is 0 Å². The Morgan fingerprint density at radius 1 is 1.26 bits per heavy atom. The third kappa shape index (κ3) is 3.99. The Morgan fingerprint density at radius 2 is 2.04 bits per heavy atom. The minimum absolute atomic E-state index is 0.00669. The first-order chi connectivity index (χ1) is 11.1. The molecule has 23 heavy (non-hydrogen) atoms. The van der Waals surface area contributed by atoms with Crippen molar-refractivity contribution in [2.24, 2.45) is 0 Å². The third-order valence-corrected chi connectivity index (χ3v) is 4.77. The molecule has 0 spiro atoms. The van der Waals surface area contributed by atoms with Crippen LogP contribution in [0.1, 0.15) is 15.2 Å². The van der Waals surface area contributed by atoms with Gasteiger partial charge in [0.05, 0.1) is 25.9 Å². The molecule has 1 aliphatic rings. The number of carbonyl (C=O) groups is 1. The van der Waals surface area contributed by atoms with Crippen molar-refractivity contribution in [1.29, 1.82) is 0 Å². The van der Waals surface area contributed by atoms with Crippen molar-refractivity contribution < 1.29 is 14.3 Å². The molecule has 0 saturated carbocycles. The summed E-state index contributed by atoms with van der Waals surface area (Å²) >= 11 is 1.73. The molecule has 2 heterocycles. The molecule has 2 aromatic rings. The van der Waals surface area contributed by atoms with Crippen LogP contribution in [0, 0.1) is 6.92 Å². The van der Waals surface area contributed by atoms with Crippen LogP contribution in [-0.2, 0) is 9.47 Å². The molecule has 1 atom stereocenters. The van der Waals surface area contributed by atoms with Gasteiger partial charge in [0.1, 0.15) is 0 Å². The SMILES string of the molecule is Cc1cc(-c2ccc(C(=O)N(C)C[C@H]3COCCO3)cc2)cs1. The molecule has 0 radical (unpaired) electrons. The van der Waals surface area contributed by atoms with Gasteiger partial charge >= 0.3 is 0 Å². The van der Waals surface area contributed by atoms with Crippen LogP contribution in [-0.4, -0.2) is 50.3 Å². The molecule has 4 nitrogen and oxygen atoms in total. The van der Waals surface area contributed by atoms with Crippen molar-refractivity contribution in [3.63, 3.8) is 0 Å². The lowest BCUT2D eigenvalue weighted by molar-refractivity contribution is -0.0933. The Labute approximate surface area is 140 Å². The maximum Gasteiger partial charge on any atom is 0.253 e. The standard InChI is InChI=1S/C18H21NO3S/c1-13-9-16(12-23-13)14-3-5-15(6-4-14)18(20)19(2)10-17-11-21-7-8-22-17/h3-6,9,12,17H,7-8,10-11H2,1-2H3/t17-/m0/s1. The highest BCUT2D eigenvalue weighted by Crippen LogP contribution is 2.25. The number of likely N-dealkylation sites (N-methyl/N-ethyl adjacent to an activating group) is 1. The summed E-state index contributed by atoms with van der Waals surface area (Å²) in [6.45, 7) is 4.43. The van der Waals surface area contributed by atoms with Crippen molar-refractivity contribution in [1.82, 2.24) is 4.90 Å². The molecule has 122 valence electrons. The van der Waals surface area contributed by atoms with Gasteiger partial charge in [0.2, 0.25) is 0 Å². The zero-order valence-electron chi connectivity index (χ0n) is 13.5. The molecule has 5 heteroatoms. The summed E-state index contributed by atoms with van der Waals surface area (Å²) in [6, 6.07) is 9.94. The number of carbonyl (C=O) groups excluding carboxylic acids is 1. The van der Waals surface area contributed by atoms with Gasteiger partial charge in [-0.15, -0.1) is 11.3 Å². The van der Waals surface area contributed by atoms with E-state index in [0.717, 1.165) is 5.56 Å². The molecule has 3 rings (SSSR count). The van der Waals surface area contributed by atoms with Gasteiger partial charge in [0, 0.05) is 24.0 Å². The van der Waals surface area contributed by atoms with E-state index in [0.29, 0.717) is 31.9 Å². The third-order valence-electron chi connectivity index (χ3n) is 3.90. The Bertz CT molecular complexity index is 659. The van der Waals surface area contributed by atoms with Crippen molar-refractivity contribution in [3.05, 3.63) is 46.2 Å². The summed E-state index contributed by atoms with van der Waals surface area (Å²) < 4.78 is 11.0. The van der Waals surface area contributed by atoms with Crippen LogP contribution in [0.15, 0.2) is 35.7 Å². The van der Waals surface area contributed by atoms with Crippen LogP contribution in [0.5, 0.6) is 0 Å². The molecule has 0 unspecified atom stereocenters. The summed E-state index contributed by atoms with van der Waals surface area (Å²) in [5.74, 6) is 0.00669. The number of benzene rings is 1. The second-order valence-corrected chi connectivity index (χ2v) is 6.89. The lowest BCUT2D eigenvalue weighted by atomic mass is 10.1. The Hall–Kier alpha value is -1.69. The number of amides is 1. The Kier molecular flexibility index (Phi) is 5.10. The predicted molar refractivity (Wildman–Crippen MR) is 92.0 cm³/mol. The van der Waals surface area contributed by atoms with Crippen LogP contribution >= 0.6 is 11.3 Å². The van der Waals surface area contributed by atoms with Crippen LogP contribution in [0.2, 0.25) is 0 Å². The van der Waals surface area contributed by atoms with E-state index in [1.54, 1.807) is 23.3 Å². The average Bonchev–Trinajstić information content (AvgIpc) is 3.02. The highest BCUT2D eigenvalue weighted by molar-refractivity contribution is 7.10. The Morgan fingerprint density at radius 3 is 2.65 bits per heavy atom. The lowest BCUT2D eigenvalue weighted by Crippen LogP contribution is -2.40. The van der Waals surface area contributed by atoms with Crippen LogP contribution in [0.25, 0.3) is 11.1 Å². The van der Waals surface area contributed by atoms with Gasteiger partial charge in [-0.25, -0.2) is 0 Å². The first-order valence-corrected chi connectivity index (χ1v) is 8.62. The number of rotatable bonds is 4. The minimum atomic E-state index is -0.0363. The van der Waals surface area contributed by atoms with Gasteiger partial charge in [0.15, 0.2) is 0 Å². The van der Waals surface area contributed by atoms with Crippen molar-refractivity contribution >= 4 is 17.2 Å². The molecule has 0 N–H and O–H groups in total. The van der Waals surface area contributed by atoms with E-state index in [1.807, 2.05) is 24.3 Å². The highest BCUT2D eigenvalue weighted by Gasteiger charge is 2.20. The van der Waals surface area contributed by atoms with Crippen molar-refractivity contribution in [2.75, 3.05) is 33.4 Å². The second-order valence-electron chi connectivity index (χ2n) is 5.78. The predicted octanol–water partition coefficient (Wildman–Crippen LogP) is 3.21. The summed E-state index contributed by atoms with van der Waals surface area (Å²) in [4.78, 5) is 15.5. The van der Waals surface area contributed by atoms with E-state index in [1.165, 1.54) is 10.4 Å². The van der Waals surface area contributed by atoms with Crippen LogP contribution < -0.4 is 0 Å². The van der Waals surface area contributed by atoms with E-state index >= 15 is 0 Å². The summed E-state index contributed by atoms with van der Waals surface area (Å²) in [5.41, 5.74) is 3.03. The van der Waals surface area contributed by atoms with E-state index in [9.17, 15) is 4.79 Å². The summed E-state index contributed by atoms with van der Waals surface area (Å²) in [5, 5.41) is 2.14. The fourth-order valence-electron chi connectivity index (χ4n) is 2.65. The average molecular weight is 331 g/mol. The number of nitrogens with zero attached hydrogens (tertiary/aromatic N) is 1. The zero-order valence-corrected chi connectivity index (χ0v) is 14.3. The van der Waals surface area contributed by atoms with E-state index in [2.05, 4.69) is 18.4 Å². The normalized spacial score (nSPS) is 17.9. The number of hydrogen-bond donors (Lipinski definition) is 0. The molecule has 1 aliphatic heterocycles. The van der Waals surface area contributed by atoms with Crippen molar-refractivity contribution in [3.8, 4) is 11.1 Å². The quantitative estimate of drug-likeness (QED) is 0.863. The molecule has 0 bridgehead atoms. The maximum atomic E-state index is 12.5. The van der Waals surface area contributed by atoms with E-state index < -0.39 is 0 Å². The van der Waals surface area contributed by atoms with Crippen LogP contribution in [0.3, 0.4) is 0 Å². The number of aryl methyl sites for hydroxylation is 1. The van der Waals surface area contributed by atoms with E-state index in [4.69, 9.17) is 9.47 Å². The fourth-order valence-corrected chi connectivity index (χ4v) is 3.36. The lowest BCUT2D eigenvalue weighted by Gasteiger charge is -2.27. The highest BCUT2D eigenvalue weighted by atomic mass is 32.1. The molecule has 1 amide bonds. The van der Waals surface area contributed by atoms with Gasteiger partial charge in [0.25, 0.3) is 5.91 Å². The van der Waals surface area contributed by atoms with Crippen LogP contribution in [0.4, 0.5) is 0 Å². The molecule has 0 aliphatic carbocycles. The Balaban J connectivity index is 1.64. The molecule has 1 saturated heterocycles. The molecule has 1 aromatic heterocycles. The minimum Gasteiger partial charge on any atom is -0.376 e. The first kappa shape index (κ1) is 16.2. The topological polar surface area (TPSA) is 38.8 Å². The molecular weight excluding hydrogens is 310 g/mol. The largest absolute Gasteiger partial charge is 0.376 e. The summed E-state index contributed by atoms with van der Waals surface area (Å²) in [6.07, 6.45) is -0.0363. The van der Waals surface area contributed by atoms with Gasteiger partial charge in [-0.3, -0.25) is 4.79 Å². The second kappa shape index (κ2) is 7.25. The van der Waals surface area contributed by atoms with Gasteiger partial charge < -0.3 is 14.4 Å². The maximum absolute atomic E-state index is 12.5. The summed E-state index contributed by atoms with van der Waals surface area (Å²) in [7, 11) is 1.80. The van der Waals surface area contributed by atoms with Gasteiger partial charge in [-0.1, -0.05) is 12.1 Å². The number of hydrogen-bond acceptors (Lipinski definition) is 4. The number of thiophene rings is 1. The fraction of sp³-hybridized carbons (Fsp3) is 0.389. The number of ether oxygens (including phenoxy) is 2. The van der Waals surface area contributed by atoms with Gasteiger partial charge in [-0.05, 0) is 41.6 Å².